The van der Waals surface area contributed by atoms with E-state index in [0.29, 0.717) is 44.9 Å². The third-order valence-electron chi connectivity index (χ3n) is 5.99. The maximum atomic E-state index is 11.6. The number of aromatic nitrogens is 1. The van der Waals surface area contributed by atoms with Gasteiger partial charge in [-0.2, -0.15) is 4.31 Å². The number of hydrogen-bond acceptors (Lipinski definition) is 6. The van der Waals surface area contributed by atoms with E-state index in [2.05, 4.69) is 9.88 Å². The highest BCUT2D eigenvalue weighted by molar-refractivity contribution is 7.88. The summed E-state index contributed by atoms with van der Waals surface area (Å²) in [4.78, 5) is 19.5. The molecule has 0 saturated carbocycles. The monoisotopic (exact) mass is 410 g/mol. The van der Waals surface area contributed by atoms with Crippen LogP contribution in [0.4, 0.5) is 10.5 Å². The minimum atomic E-state index is -3.14. The fraction of sp³-hybridized carbons (Fsp3) is 0.667. The molecule has 0 radical (unpaired) electrons. The Morgan fingerprint density at radius 3 is 2.29 bits per heavy atom. The van der Waals surface area contributed by atoms with Crippen molar-refractivity contribution >= 4 is 21.8 Å². The van der Waals surface area contributed by atoms with Gasteiger partial charge in [-0.15, -0.1) is 0 Å². The van der Waals surface area contributed by atoms with E-state index in [1.807, 2.05) is 12.1 Å². The van der Waals surface area contributed by atoms with Gasteiger partial charge in [0, 0.05) is 57.2 Å². The SMILES string of the molecule is CS(=O)(=O)N1CCN(c2ccc(OC3CC4CCC(C3)N4C(=O)O)nc2)CC1. The first-order chi connectivity index (χ1) is 13.3. The number of piperidine rings is 1. The molecule has 1 amide bonds. The summed E-state index contributed by atoms with van der Waals surface area (Å²) >= 11 is 0. The van der Waals surface area contributed by atoms with Crippen LogP contribution in [0.2, 0.25) is 0 Å². The van der Waals surface area contributed by atoms with E-state index in [0.717, 1.165) is 18.5 Å². The Labute approximate surface area is 164 Å². The zero-order chi connectivity index (χ0) is 19.9. The zero-order valence-corrected chi connectivity index (χ0v) is 16.7. The van der Waals surface area contributed by atoms with Gasteiger partial charge in [0.05, 0.1) is 18.1 Å². The van der Waals surface area contributed by atoms with Gasteiger partial charge in [-0.25, -0.2) is 18.2 Å². The second-order valence-electron chi connectivity index (χ2n) is 7.79. The minimum absolute atomic E-state index is 0.00949. The van der Waals surface area contributed by atoms with Crippen LogP contribution >= 0.6 is 0 Å². The lowest BCUT2D eigenvalue weighted by atomic mass is 10.0. The van der Waals surface area contributed by atoms with E-state index in [1.54, 1.807) is 11.1 Å². The summed E-state index contributed by atoms with van der Waals surface area (Å²) in [5, 5.41) is 9.34. The Morgan fingerprint density at radius 1 is 1.14 bits per heavy atom. The molecule has 1 N–H and O–H groups in total. The predicted molar refractivity (Wildman–Crippen MR) is 103 cm³/mol. The van der Waals surface area contributed by atoms with E-state index >= 15 is 0 Å². The molecule has 4 rings (SSSR count). The van der Waals surface area contributed by atoms with Crippen molar-refractivity contribution in [1.29, 1.82) is 0 Å². The fourth-order valence-electron chi connectivity index (χ4n) is 4.61. The summed E-state index contributed by atoms with van der Waals surface area (Å²) in [6, 6.07) is 3.88. The largest absolute Gasteiger partial charge is 0.474 e. The standard InChI is InChI=1S/C18H26N4O5S/c1-28(25,26)21-8-6-20(7-9-21)15-4-5-17(19-12-15)27-16-10-13-2-3-14(11-16)22(13)18(23)24/h4-5,12-14,16H,2-3,6-11H2,1H3,(H,23,24). The van der Waals surface area contributed by atoms with Crippen LogP contribution in [-0.4, -0.2) is 84.4 Å². The molecule has 1 aromatic heterocycles. The molecule has 0 aromatic carbocycles. The van der Waals surface area contributed by atoms with Crippen molar-refractivity contribution in [2.75, 3.05) is 37.3 Å². The predicted octanol–water partition coefficient (Wildman–Crippen LogP) is 1.22. The Bertz CT molecular complexity index is 809. The van der Waals surface area contributed by atoms with Crippen LogP contribution in [0.1, 0.15) is 25.7 Å². The molecule has 2 bridgehead atoms. The van der Waals surface area contributed by atoms with Gasteiger partial charge in [0.25, 0.3) is 0 Å². The molecule has 154 valence electrons. The number of pyridine rings is 1. The number of anilines is 1. The van der Waals surface area contributed by atoms with Crippen molar-refractivity contribution in [2.24, 2.45) is 0 Å². The van der Waals surface area contributed by atoms with E-state index < -0.39 is 16.1 Å². The smallest absolute Gasteiger partial charge is 0.407 e. The van der Waals surface area contributed by atoms with Gasteiger partial charge in [0.15, 0.2) is 0 Å². The molecule has 3 fully saturated rings. The number of carboxylic acid groups (broad SMARTS) is 1. The van der Waals surface area contributed by atoms with Gasteiger partial charge in [0.2, 0.25) is 15.9 Å². The minimum Gasteiger partial charge on any atom is -0.474 e. The van der Waals surface area contributed by atoms with Crippen LogP contribution in [-0.2, 0) is 10.0 Å². The molecule has 0 aliphatic carbocycles. The molecule has 3 aliphatic rings. The number of fused-ring (bicyclic) bond motifs is 2. The molecule has 28 heavy (non-hydrogen) atoms. The number of amides is 1. The molecule has 3 saturated heterocycles. The lowest BCUT2D eigenvalue weighted by Gasteiger charge is -2.37. The second-order valence-corrected chi connectivity index (χ2v) is 9.77. The van der Waals surface area contributed by atoms with Crippen molar-refractivity contribution in [3.05, 3.63) is 18.3 Å². The summed E-state index contributed by atoms with van der Waals surface area (Å²) in [7, 11) is -3.14. The number of sulfonamides is 1. The molecule has 3 aliphatic heterocycles. The number of piperazine rings is 1. The first-order valence-electron chi connectivity index (χ1n) is 9.65. The molecule has 2 unspecified atom stereocenters. The van der Waals surface area contributed by atoms with Crippen molar-refractivity contribution in [1.82, 2.24) is 14.2 Å². The van der Waals surface area contributed by atoms with Crippen molar-refractivity contribution in [3.8, 4) is 5.88 Å². The maximum Gasteiger partial charge on any atom is 0.407 e. The average molecular weight is 410 g/mol. The van der Waals surface area contributed by atoms with E-state index in [1.165, 1.54) is 10.6 Å². The number of ether oxygens (including phenoxy) is 1. The van der Waals surface area contributed by atoms with Gasteiger partial charge in [0.1, 0.15) is 6.10 Å². The molecule has 2 atom stereocenters. The quantitative estimate of drug-likeness (QED) is 0.796. The number of carbonyl (C=O) groups is 1. The molecular formula is C18H26N4O5S. The van der Waals surface area contributed by atoms with Gasteiger partial charge in [-0.3, -0.25) is 0 Å². The molecular weight excluding hydrogens is 384 g/mol. The first-order valence-corrected chi connectivity index (χ1v) is 11.5. The third kappa shape index (κ3) is 3.88. The van der Waals surface area contributed by atoms with E-state index in [-0.39, 0.29) is 18.2 Å². The highest BCUT2D eigenvalue weighted by Crippen LogP contribution is 2.37. The normalized spacial score (nSPS) is 28.4. The Kier molecular flexibility index (Phi) is 5.09. The highest BCUT2D eigenvalue weighted by atomic mass is 32.2. The number of hydrogen-bond donors (Lipinski definition) is 1. The first kappa shape index (κ1) is 19.3. The second kappa shape index (κ2) is 7.40. The van der Waals surface area contributed by atoms with Crippen LogP contribution in [0, 0.1) is 0 Å². The maximum absolute atomic E-state index is 11.6. The van der Waals surface area contributed by atoms with E-state index in [4.69, 9.17) is 4.74 Å². The van der Waals surface area contributed by atoms with Gasteiger partial charge in [-0.05, 0) is 18.9 Å². The zero-order valence-electron chi connectivity index (χ0n) is 15.9. The van der Waals surface area contributed by atoms with Crippen LogP contribution in [0.25, 0.3) is 0 Å². The number of nitrogens with zero attached hydrogens (tertiary/aromatic N) is 4. The van der Waals surface area contributed by atoms with Crippen molar-refractivity contribution in [2.45, 2.75) is 43.9 Å². The average Bonchev–Trinajstić information content (AvgIpc) is 2.93. The molecule has 0 spiro atoms. The summed E-state index contributed by atoms with van der Waals surface area (Å²) < 4.78 is 30.8. The lowest BCUT2D eigenvalue weighted by molar-refractivity contribution is 0.0477. The van der Waals surface area contributed by atoms with Crippen LogP contribution in [0.15, 0.2) is 18.3 Å². The van der Waals surface area contributed by atoms with Gasteiger partial charge >= 0.3 is 6.09 Å². The molecule has 1 aromatic rings. The summed E-state index contributed by atoms with van der Waals surface area (Å²) in [5.74, 6) is 0.548. The lowest BCUT2D eigenvalue weighted by Crippen LogP contribution is -2.48. The Hall–Kier alpha value is -2.07. The third-order valence-corrected chi connectivity index (χ3v) is 7.29. The molecule has 4 heterocycles. The summed E-state index contributed by atoms with van der Waals surface area (Å²) in [6.07, 6.45) is 5.38. The summed E-state index contributed by atoms with van der Waals surface area (Å²) in [5.41, 5.74) is 0.946. The Morgan fingerprint density at radius 2 is 1.79 bits per heavy atom. The summed E-state index contributed by atoms with van der Waals surface area (Å²) in [6.45, 7) is 2.21. The van der Waals surface area contributed by atoms with Crippen molar-refractivity contribution in [3.63, 3.8) is 0 Å². The van der Waals surface area contributed by atoms with Crippen LogP contribution in [0.5, 0.6) is 5.88 Å². The van der Waals surface area contributed by atoms with Gasteiger partial charge in [-0.1, -0.05) is 0 Å². The molecule has 10 heteroatoms. The van der Waals surface area contributed by atoms with Gasteiger partial charge < -0.3 is 19.6 Å². The van der Waals surface area contributed by atoms with Crippen LogP contribution < -0.4 is 9.64 Å². The Balaban J connectivity index is 1.33. The van der Waals surface area contributed by atoms with Crippen LogP contribution in [0.3, 0.4) is 0 Å². The van der Waals surface area contributed by atoms with Crippen molar-refractivity contribution < 1.29 is 23.1 Å². The topological polar surface area (TPSA) is 103 Å². The number of rotatable bonds is 4. The fourth-order valence-corrected chi connectivity index (χ4v) is 5.44. The molecule has 9 nitrogen and oxygen atoms in total. The van der Waals surface area contributed by atoms with E-state index in [9.17, 15) is 18.3 Å². The highest BCUT2D eigenvalue weighted by Gasteiger charge is 2.44.